The number of benzene rings is 1. The lowest BCUT2D eigenvalue weighted by atomic mass is 10.0. The number of imidazole rings is 1. The van der Waals surface area contributed by atoms with Crippen LogP contribution in [0.5, 0.6) is 0 Å². The molecule has 0 bridgehead atoms. The number of carboxylic acids is 2. The molecule has 0 spiro atoms. The molecule has 0 amide bonds. The summed E-state index contributed by atoms with van der Waals surface area (Å²) < 4.78 is 16.3. The van der Waals surface area contributed by atoms with E-state index in [-0.39, 0.29) is 31.2 Å². The summed E-state index contributed by atoms with van der Waals surface area (Å²) >= 11 is 0. The summed E-state index contributed by atoms with van der Waals surface area (Å²) in [6.07, 6.45) is 3.52. The van der Waals surface area contributed by atoms with Crippen molar-refractivity contribution in [2.75, 3.05) is 0 Å². The van der Waals surface area contributed by atoms with Crippen LogP contribution in [-0.2, 0) is 29.1 Å². The average Bonchev–Trinajstić information content (AvgIpc) is 2.99. The molecule has 1 aromatic heterocycles. The van der Waals surface area contributed by atoms with Crippen molar-refractivity contribution >= 4 is 11.9 Å². The SMILES string of the molecule is CC(C)CC(NC(Cn1ccn(CCc2ccccc2F)c1=O)C(=O)O)C(=O)O. The number of aromatic nitrogens is 2. The minimum absolute atomic E-state index is 0.0558. The molecule has 3 N–H and O–H groups in total. The van der Waals surface area contributed by atoms with Crippen LogP contribution in [-0.4, -0.2) is 43.4 Å². The van der Waals surface area contributed by atoms with Gasteiger partial charge in [0.1, 0.15) is 17.9 Å². The Balaban J connectivity index is 2.09. The lowest BCUT2D eigenvalue weighted by Gasteiger charge is -2.21. The van der Waals surface area contributed by atoms with Crippen LogP contribution in [0.1, 0.15) is 25.8 Å². The third kappa shape index (κ3) is 6.28. The molecule has 1 aromatic carbocycles. The van der Waals surface area contributed by atoms with Gasteiger partial charge in [-0.25, -0.2) is 9.18 Å². The van der Waals surface area contributed by atoms with E-state index in [0.717, 1.165) is 0 Å². The number of rotatable bonds is 11. The molecular weight excluding hydrogens is 381 g/mol. The molecule has 158 valence electrons. The summed E-state index contributed by atoms with van der Waals surface area (Å²) in [6, 6.07) is 4.02. The van der Waals surface area contributed by atoms with Crippen LogP contribution in [0.4, 0.5) is 4.39 Å². The lowest BCUT2D eigenvalue weighted by Crippen LogP contribution is -2.50. The highest BCUT2D eigenvalue weighted by molar-refractivity contribution is 5.77. The highest BCUT2D eigenvalue weighted by atomic mass is 19.1. The van der Waals surface area contributed by atoms with Crippen molar-refractivity contribution in [2.24, 2.45) is 5.92 Å². The summed E-state index contributed by atoms with van der Waals surface area (Å²) in [6.45, 7) is 3.70. The zero-order valence-electron chi connectivity index (χ0n) is 16.4. The Morgan fingerprint density at radius 3 is 2.28 bits per heavy atom. The highest BCUT2D eigenvalue weighted by Gasteiger charge is 2.27. The smallest absolute Gasteiger partial charge is 0.328 e. The van der Waals surface area contributed by atoms with Crippen LogP contribution < -0.4 is 11.0 Å². The first kappa shape index (κ1) is 22.4. The monoisotopic (exact) mass is 407 g/mol. The summed E-state index contributed by atoms with van der Waals surface area (Å²) in [5, 5.41) is 21.4. The second kappa shape index (κ2) is 10.0. The number of halogens is 1. The van der Waals surface area contributed by atoms with Gasteiger partial charge in [0.25, 0.3) is 0 Å². The first-order valence-electron chi connectivity index (χ1n) is 9.39. The van der Waals surface area contributed by atoms with Crippen molar-refractivity contribution in [2.45, 2.75) is 51.9 Å². The van der Waals surface area contributed by atoms with E-state index in [1.807, 2.05) is 13.8 Å². The van der Waals surface area contributed by atoms with E-state index in [2.05, 4.69) is 5.32 Å². The minimum Gasteiger partial charge on any atom is -0.480 e. The fourth-order valence-electron chi connectivity index (χ4n) is 3.06. The van der Waals surface area contributed by atoms with Crippen molar-refractivity contribution in [1.29, 1.82) is 0 Å². The molecule has 1 heterocycles. The van der Waals surface area contributed by atoms with E-state index in [9.17, 15) is 29.0 Å². The molecule has 2 atom stereocenters. The maximum Gasteiger partial charge on any atom is 0.328 e. The predicted octanol–water partition coefficient (Wildman–Crippen LogP) is 1.57. The maximum atomic E-state index is 13.7. The molecule has 2 rings (SSSR count). The number of nitrogens with one attached hydrogen (secondary N) is 1. The molecule has 0 aliphatic carbocycles. The molecule has 0 aliphatic rings. The Kier molecular flexibility index (Phi) is 7.72. The number of carboxylic acid groups (broad SMARTS) is 2. The van der Waals surface area contributed by atoms with Gasteiger partial charge in [0, 0.05) is 18.9 Å². The van der Waals surface area contributed by atoms with Crippen molar-refractivity contribution in [3.05, 3.63) is 58.5 Å². The zero-order chi connectivity index (χ0) is 21.6. The molecule has 0 radical (unpaired) electrons. The van der Waals surface area contributed by atoms with Crippen LogP contribution >= 0.6 is 0 Å². The highest BCUT2D eigenvalue weighted by Crippen LogP contribution is 2.09. The van der Waals surface area contributed by atoms with Crippen LogP contribution in [0.15, 0.2) is 41.5 Å². The van der Waals surface area contributed by atoms with Crippen LogP contribution in [0, 0.1) is 11.7 Å². The third-order valence-corrected chi connectivity index (χ3v) is 4.58. The Hall–Kier alpha value is -2.94. The summed E-state index contributed by atoms with van der Waals surface area (Å²) in [7, 11) is 0. The fraction of sp³-hybridized carbons (Fsp3) is 0.450. The lowest BCUT2D eigenvalue weighted by molar-refractivity contribution is -0.143. The van der Waals surface area contributed by atoms with Gasteiger partial charge in [0.15, 0.2) is 0 Å². The van der Waals surface area contributed by atoms with Crippen molar-refractivity contribution in [1.82, 2.24) is 14.5 Å². The van der Waals surface area contributed by atoms with Gasteiger partial charge in [0.05, 0.1) is 6.54 Å². The Morgan fingerprint density at radius 2 is 1.69 bits per heavy atom. The zero-order valence-corrected chi connectivity index (χ0v) is 16.4. The largest absolute Gasteiger partial charge is 0.480 e. The van der Waals surface area contributed by atoms with E-state index in [4.69, 9.17) is 0 Å². The van der Waals surface area contributed by atoms with Gasteiger partial charge in [-0.05, 0) is 30.4 Å². The second-order valence-corrected chi connectivity index (χ2v) is 7.35. The van der Waals surface area contributed by atoms with Crippen molar-refractivity contribution in [3.63, 3.8) is 0 Å². The molecule has 0 fully saturated rings. The Labute approximate surface area is 167 Å². The van der Waals surface area contributed by atoms with Crippen molar-refractivity contribution < 1.29 is 24.2 Å². The number of aliphatic carboxylic acids is 2. The number of hydrogen-bond donors (Lipinski definition) is 3. The summed E-state index contributed by atoms with van der Waals surface area (Å²) in [4.78, 5) is 35.5. The predicted molar refractivity (Wildman–Crippen MR) is 104 cm³/mol. The quantitative estimate of drug-likeness (QED) is 0.521. The molecule has 0 saturated carbocycles. The summed E-state index contributed by atoms with van der Waals surface area (Å²) in [5.41, 5.74) is 0.0420. The molecule has 9 heteroatoms. The van der Waals surface area contributed by atoms with Gasteiger partial charge in [-0.15, -0.1) is 0 Å². The maximum absolute atomic E-state index is 13.7. The molecular formula is C20H26FN3O5. The third-order valence-electron chi connectivity index (χ3n) is 4.58. The molecule has 0 aliphatic heterocycles. The second-order valence-electron chi connectivity index (χ2n) is 7.35. The molecule has 29 heavy (non-hydrogen) atoms. The Bertz CT molecular complexity index is 906. The molecule has 2 unspecified atom stereocenters. The number of hydrogen-bond acceptors (Lipinski definition) is 4. The average molecular weight is 407 g/mol. The van der Waals surface area contributed by atoms with Gasteiger partial charge < -0.3 is 10.2 Å². The van der Waals surface area contributed by atoms with E-state index < -0.39 is 29.7 Å². The molecule has 0 saturated heterocycles. The topological polar surface area (TPSA) is 114 Å². The van der Waals surface area contributed by atoms with Crippen molar-refractivity contribution in [3.8, 4) is 0 Å². The Morgan fingerprint density at radius 1 is 1.07 bits per heavy atom. The first-order valence-corrected chi connectivity index (χ1v) is 9.39. The molecule has 2 aromatic rings. The normalized spacial score (nSPS) is 13.4. The van der Waals surface area contributed by atoms with Gasteiger partial charge in [0.2, 0.25) is 0 Å². The first-order chi connectivity index (χ1) is 13.7. The van der Waals surface area contributed by atoms with Crippen LogP contribution in [0.25, 0.3) is 0 Å². The summed E-state index contributed by atoms with van der Waals surface area (Å²) in [5.74, 6) is -2.68. The number of aryl methyl sites for hydroxylation is 2. The van der Waals surface area contributed by atoms with Gasteiger partial charge in [-0.1, -0.05) is 32.0 Å². The number of carbonyl (C=O) groups is 2. The standard InChI is InChI=1S/C20H26FN3O5/c1-13(2)11-16(18(25)26)22-17(19(27)28)12-24-10-9-23(20(24)29)8-7-14-5-3-4-6-15(14)21/h3-6,9-10,13,16-17,22H,7-8,11-12H2,1-2H3,(H,25,26)(H,27,28). The van der Waals surface area contributed by atoms with E-state index >= 15 is 0 Å². The van der Waals surface area contributed by atoms with Crippen LogP contribution in [0.3, 0.4) is 0 Å². The van der Waals surface area contributed by atoms with E-state index in [0.29, 0.717) is 12.0 Å². The van der Waals surface area contributed by atoms with Crippen LogP contribution in [0.2, 0.25) is 0 Å². The van der Waals surface area contributed by atoms with Gasteiger partial charge in [-0.2, -0.15) is 0 Å². The van der Waals surface area contributed by atoms with E-state index in [1.54, 1.807) is 18.2 Å². The molecule has 8 nitrogen and oxygen atoms in total. The fourth-order valence-corrected chi connectivity index (χ4v) is 3.06. The van der Waals surface area contributed by atoms with E-state index in [1.165, 1.54) is 27.6 Å². The minimum atomic E-state index is -1.24. The van der Waals surface area contributed by atoms with Gasteiger partial charge >= 0.3 is 17.6 Å². The number of nitrogens with zero attached hydrogens (tertiary/aromatic N) is 2. The van der Waals surface area contributed by atoms with Gasteiger partial charge in [-0.3, -0.25) is 24.0 Å².